The van der Waals surface area contributed by atoms with Crippen LogP contribution in [0.5, 0.6) is 0 Å². The van der Waals surface area contributed by atoms with Gasteiger partial charge >= 0.3 is 0 Å². The standard InChI is InChI=1S/C51H33N3O2/c1-4-15-34(16-5-1)52(35-17-6-2-7-18-35)37-21-14-22-38(31-37)54-46-26-13-11-24-41(46)51(42-27-29-55-49(42)50-43(51)28-30-56-50)44-32-40-39-23-10-12-25-45(39)53(47(40)33-48(44)54)36-19-8-3-9-20-36/h1-33H. The summed E-state index contributed by atoms with van der Waals surface area (Å²) < 4.78 is 14.9. The number of nitrogens with zero attached hydrogens (tertiary/aromatic N) is 3. The first-order valence-corrected chi connectivity index (χ1v) is 19.0. The van der Waals surface area contributed by atoms with Crippen molar-refractivity contribution < 1.29 is 8.83 Å². The molecule has 0 bridgehead atoms. The van der Waals surface area contributed by atoms with E-state index in [0.717, 1.165) is 73.5 Å². The van der Waals surface area contributed by atoms with E-state index in [1.165, 1.54) is 21.9 Å². The summed E-state index contributed by atoms with van der Waals surface area (Å²) in [5.74, 6) is 1.57. The topological polar surface area (TPSA) is 37.7 Å². The molecule has 264 valence electrons. The Morgan fingerprint density at radius 2 is 0.982 bits per heavy atom. The maximum Gasteiger partial charge on any atom is 0.174 e. The van der Waals surface area contributed by atoms with Gasteiger partial charge in [0, 0.05) is 50.3 Å². The van der Waals surface area contributed by atoms with Gasteiger partial charge in [-0.05, 0) is 102 Å². The van der Waals surface area contributed by atoms with E-state index in [9.17, 15) is 0 Å². The summed E-state index contributed by atoms with van der Waals surface area (Å²) in [5, 5.41) is 2.40. The highest BCUT2D eigenvalue weighted by atomic mass is 16.4. The number of rotatable bonds is 5. The minimum atomic E-state index is -0.672. The van der Waals surface area contributed by atoms with Crippen molar-refractivity contribution in [3.8, 4) is 17.2 Å². The van der Waals surface area contributed by atoms with Gasteiger partial charge < -0.3 is 23.2 Å². The van der Waals surface area contributed by atoms with Crippen LogP contribution in [0, 0.1) is 0 Å². The molecule has 1 aliphatic heterocycles. The first-order chi connectivity index (χ1) is 27.8. The van der Waals surface area contributed by atoms with Crippen LogP contribution in [0.25, 0.3) is 39.0 Å². The molecule has 1 spiro atoms. The van der Waals surface area contributed by atoms with Crippen LogP contribution in [0.15, 0.2) is 209 Å². The van der Waals surface area contributed by atoms with Gasteiger partial charge in [0.25, 0.3) is 0 Å². The molecule has 0 atom stereocenters. The van der Waals surface area contributed by atoms with Crippen LogP contribution in [0.1, 0.15) is 22.3 Å². The number of anilines is 6. The second kappa shape index (κ2) is 11.7. The Balaban J connectivity index is 1.19. The largest absolute Gasteiger partial charge is 0.461 e. The van der Waals surface area contributed by atoms with Crippen molar-refractivity contribution in [1.82, 2.24) is 4.57 Å². The van der Waals surface area contributed by atoms with Crippen LogP contribution in [0.3, 0.4) is 0 Å². The fraction of sp³-hybridized carbons (Fsp3) is 0.0196. The molecule has 0 unspecified atom stereocenters. The first kappa shape index (κ1) is 30.9. The normalized spacial score (nSPS) is 13.5. The zero-order valence-electron chi connectivity index (χ0n) is 30.2. The highest BCUT2D eigenvalue weighted by Crippen LogP contribution is 2.64. The smallest absolute Gasteiger partial charge is 0.174 e. The fourth-order valence-electron chi connectivity index (χ4n) is 9.54. The van der Waals surface area contributed by atoms with Crippen LogP contribution in [-0.2, 0) is 5.41 Å². The van der Waals surface area contributed by atoms with Crippen molar-refractivity contribution in [2.24, 2.45) is 0 Å². The molecule has 7 aromatic carbocycles. The fourth-order valence-corrected chi connectivity index (χ4v) is 9.54. The monoisotopic (exact) mass is 719 g/mol. The molecular formula is C51H33N3O2. The first-order valence-electron chi connectivity index (χ1n) is 19.0. The van der Waals surface area contributed by atoms with Crippen LogP contribution in [0.4, 0.5) is 34.1 Å². The Morgan fingerprint density at radius 1 is 0.393 bits per heavy atom. The number of benzene rings is 7. The number of hydrogen-bond donors (Lipinski definition) is 0. The summed E-state index contributed by atoms with van der Waals surface area (Å²) in [6.45, 7) is 0. The predicted octanol–water partition coefficient (Wildman–Crippen LogP) is 13.6. The van der Waals surface area contributed by atoms with Crippen molar-refractivity contribution >= 4 is 55.9 Å². The van der Waals surface area contributed by atoms with Gasteiger partial charge in [-0.3, -0.25) is 0 Å². The summed E-state index contributed by atoms with van der Waals surface area (Å²) in [6.07, 6.45) is 3.61. The third-order valence-corrected chi connectivity index (χ3v) is 11.7. The van der Waals surface area contributed by atoms with Gasteiger partial charge in [0.1, 0.15) is 0 Å². The maximum absolute atomic E-state index is 6.26. The van der Waals surface area contributed by atoms with Crippen molar-refractivity contribution in [1.29, 1.82) is 0 Å². The van der Waals surface area contributed by atoms with Crippen LogP contribution in [0.2, 0.25) is 0 Å². The lowest BCUT2D eigenvalue weighted by Gasteiger charge is -2.44. The zero-order chi connectivity index (χ0) is 36.8. The van der Waals surface area contributed by atoms with Crippen LogP contribution < -0.4 is 9.80 Å². The molecule has 0 fully saturated rings. The molecule has 0 saturated heterocycles. The molecule has 0 N–H and O–H groups in total. The van der Waals surface area contributed by atoms with E-state index in [4.69, 9.17) is 8.83 Å². The Hall–Kier alpha value is -7.50. The number of hydrogen-bond acceptors (Lipinski definition) is 4. The van der Waals surface area contributed by atoms with E-state index >= 15 is 0 Å². The molecule has 2 aliphatic rings. The van der Waals surface area contributed by atoms with E-state index in [2.05, 4.69) is 202 Å². The van der Waals surface area contributed by atoms with E-state index in [1.807, 2.05) is 0 Å². The minimum absolute atomic E-state index is 0.672. The number of aromatic nitrogens is 1. The Labute approximate surface area is 323 Å². The summed E-state index contributed by atoms with van der Waals surface area (Å²) in [4.78, 5) is 4.78. The van der Waals surface area contributed by atoms with Crippen molar-refractivity contribution in [2.75, 3.05) is 9.80 Å². The molecular weight excluding hydrogens is 687 g/mol. The highest BCUT2D eigenvalue weighted by molar-refractivity contribution is 6.12. The second-order valence-corrected chi connectivity index (χ2v) is 14.5. The quantitative estimate of drug-likeness (QED) is 0.177. The third kappa shape index (κ3) is 4.14. The van der Waals surface area contributed by atoms with Gasteiger partial charge in [0.05, 0.1) is 40.3 Å². The molecule has 3 aromatic heterocycles. The molecule has 0 amide bonds. The Morgan fingerprint density at radius 3 is 1.70 bits per heavy atom. The third-order valence-electron chi connectivity index (χ3n) is 11.7. The second-order valence-electron chi connectivity index (χ2n) is 14.5. The van der Waals surface area contributed by atoms with Crippen molar-refractivity contribution in [3.63, 3.8) is 0 Å². The molecule has 5 nitrogen and oxygen atoms in total. The molecule has 5 heteroatoms. The van der Waals surface area contributed by atoms with Gasteiger partial charge in [-0.2, -0.15) is 0 Å². The molecule has 0 saturated carbocycles. The van der Waals surface area contributed by atoms with Crippen LogP contribution >= 0.6 is 0 Å². The number of para-hydroxylation sites is 5. The zero-order valence-corrected chi connectivity index (χ0v) is 30.2. The lowest BCUT2D eigenvalue weighted by Crippen LogP contribution is -2.36. The van der Waals surface area contributed by atoms with Gasteiger partial charge in [-0.15, -0.1) is 0 Å². The lowest BCUT2D eigenvalue weighted by molar-refractivity contribution is 0.525. The molecule has 1 aliphatic carbocycles. The van der Waals surface area contributed by atoms with Crippen LogP contribution in [-0.4, -0.2) is 4.57 Å². The number of fused-ring (bicyclic) bond motifs is 12. The van der Waals surface area contributed by atoms with Gasteiger partial charge in [0.15, 0.2) is 11.5 Å². The molecule has 56 heavy (non-hydrogen) atoms. The van der Waals surface area contributed by atoms with E-state index in [0.29, 0.717) is 0 Å². The molecule has 4 heterocycles. The molecule has 10 aromatic rings. The van der Waals surface area contributed by atoms with Gasteiger partial charge in [-0.1, -0.05) is 97.1 Å². The van der Waals surface area contributed by atoms with E-state index < -0.39 is 5.41 Å². The highest BCUT2D eigenvalue weighted by Gasteiger charge is 2.55. The summed E-state index contributed by atoms with van der Waals surface area (Å²) >= 11 is 0. The van der Waals surface area contributed by atoms with Crippen molar-refractivity contribution in [2.45, 2.75) is 5.41 Å². The Kier molecular flexibility index (Phi) is 6.48. The average Bonchev–Trinajstić information content (AvgIpc) is 4.05. The summed E-state index contributed by atoms with van der Waals surface area (Å²) in [7, 11) is 0. The molecule has 12 rings (SSSR count). The van der Waals surface area contributed by atoms with E-state index in [-0.39, 0.29) is 0 Å². The van der Waals surface area contributed by atoms with Gasteiger partial charge in [0.2, 0.25) is 0 Å². The number of furan rings is 2. The lowest BCUT2D eigenvalue weighted by atomic mass is 9.65. The summed E-state index contributed by atoms with van der Waals surface area (Å²) in [5.41, 5.74) is 13.8. The maximum atomic E-state index is 6.26. The average molecular weight is 720 g/mol. The molecule has 0 radical (unpaired) electrons. The summed E-state index contributed by atoms with van der Waals surface area (Å²) in [6, 6.07) is 67.5. The van der Waals surface area contributed by atoms with Crippen molar-refractivity contribution in [3.05, 3.63) is 223 Å². The SMILES string of the molecule is c1ccc(N(c2ccccc2)c2cccc(N3c4ccccc4C4(c5cc6c7ccccc7n(-c7ccccc7)c6cc53)c3ccoc3-c3occc34)c2)cc1. The van der Waals surface area contributed by atoms with Gasteiger partial charge in [-0.25, -0.2) is 0 Å². The minimum Gasteiger partial charge on any atom is -0.461 e. The Bertz CT molecular complexity index is 3020. The predicted molar refractivity (Wildman–Crippen MR) is 226 cm³/mol. The van der Waals surface area contributed by atoms with E-state index in [1.54, 1.807) is 12.5 Å².